The number of ether oxygens (including phenoxy) is 3. The molecule has 0 aliphatic carbocycles. The number of anilines is 1. The van der Waals surface area contributed by atoms with Crippen LogP contribution in [-0.4, -0.2) is 56.3 Å². The van der Waals surface area contributed by atoms with E-state index in [-0.39, 0.29) is 23.9 Å². The molecule has 1 unspecified atom stereocenters. The van der Waals surface area contributed by atoms with E-state index in [1.165, 1.54) is 31.3 Å². The summed E-state index contributed by atoms with van der Waals surface area (Å²) in [6.45, 7) is 0.756. The first-order chi connectivity index (χ1) is 20.1. The number of nitrogens with two attached hydrogens (primary N) is 1. The van der Waals surface area contributed by atoms with Gasteiger partial charge in [0.05, 0.1) is 0 Å². The molecule has 4 rings (SSSR count). The zero-order valence-electron chi connectivity index (χ0n) is 22.0. The Morgan fingerprint density at radius 2 is 1.93 bits per heavy atom. The SMILES string of the molecule is C[C@@H](N=[P+]([O-])Oc1ccccc1OC[C@@]1(N=[N+]=[N-])O[C@@H](n2ccc(N)nc2=O)[C@H](O)[C@@H]1O)C(=O)OCc1ccccc1. The molecule has 6 atom stereocenters. The summed E-state index contributed by atoms with van der Waals surface area (Å²) < 4.78 is 26.7. The second-order valence-electron chi connectivity index (χ2n) is 8.97. The number of carbonyl (C=O) groups is 1. The number of benzene rings is 2. The van der Waals surface area contributed by atoms with Gasteiger partial charge in [0.1, 0.15) is 31.2 Å². The highest BCUT2D eigenvalue weighted by Gasteiger charge is 2.56. The first-order valence-corrected chi connectivity index (χ1v) is 13.5. The van der Waals surface area contributed by atoms with Gasteiger partial charge in [-0.15, -0.1) is 0 Å². The molecule has 1 aromatic heterocycles. The second-order valence-corrected chi connectivity index (χ2v) is 9.86. The maximum atomic E-state index is 12.6. The smallest absolute Gasteiger partial charge is 0.395 e. The Bertz CT molecular complexity index is 1550. The molecule has 0 bridgehead atoms. The van der Waals surface area contributed by atoms with Crippen LogP contribution in [0.15, 0.2) is 81.5 Å². The average molecular weight is 599 g/mol. The van der Waals surface area contributed by atoms with E-state index in [0.717, 1.165) is 10.1 Å². The highest BCUT2D eigenvalue weighted by Crippen LogP contribution is 2.40. The van der Waals surface area contributed by atoms with Crippen LogP contribution in [0.4, 0.5) is 5.82 Å². The summed E-state index contributed by atoms with van der Waals surface area (Å²) >= 11 is 0. The molecule has 0 saturated carbocycles. The van der Waals surface area contributed by atoms with Crippen LogP contribution in [0.5, 0.6) is 11.5 Å². The molecular formula is C25H26N7O9P. The van der Waals surface area contributed by atoms with Crippen molar-refractivity contribution in [2.75, 3.05) is 12.3 Å². The normalized spacial score (nSPS) is 22.6. The van der Waals surface area contributed by atoms with Crippen molar-refractivity contribution in [1.29, 1.82) is 0 Å². The molecule has 2 aromatic carbocycles. The highest BCUT2D eigenvalue weighted by atomic mass is 31.1. The third-order valence-electron chi connectivity index (χ3n) is 6.03. The van der Waals surface area contributed by atoms with Crippen molar-refractivity contribution >= 4 is 20.0 Å². The lowest BCUT2D eigenvalue weighted by atomic mass is 10.1. The minimum atomic E-state index is -2.77. The topological polar surface area (TPSA) is 240 Å². The predicted octanol–water partition coefficient (Wildman–Crippen LogP) is 1.53. The molecule has 4 N–H and O–H groups in total. The van der Waals surface area contributed by atoms with Crippen LogP contribution in [0.2, 0.25) is 0 Å². The standard InChI is InChI=1S/C25H26N7O9P/c1-15(23(35)38-13-16-7-3-2-4-8-16)29-42(37)41-18-10-6-5-9-17(18)39-14-25(30-31-27)21(34)20(33)22(40-25)32-12-11-19(26)28-24(32)36/h2-12,15,20-22,33-34H,13-14H2,1H3,(H2,26,28,36)/t15-,20-,21+,22-,25-/m1/s1. The van der Waals surface area contributed by atoms with E-state index >= 15 is 0 Å². The number of para-hydroxylation sites is 2. The minimum absolute atomic E-state index is 0.0216. The number of aromatic nitrogens is 2. The zero-order chi connectivity index (χ0) is 30.3. The molecule has 0 amide bonds. The molecule has 3 aromatic rings. The number of hydrogen-bond donors (Lipinski definition) is 3. The number of aliphatic hydroxyl groups excluding tert-OH is 2. The Morgan fingerprint density at radius 1 is 1.24 bits per heavy atom. The third-order valence-corrected chi connectivity index (χ3v) is 6.92. The van der Waals surface area contributed by atoms with Gasteiger partial charge in [0, 0.05) is 11.1 Å². The Balaban J connectivity index is 1.45. The predicted molar refractivity (Wildman–Crippen MR) is 145 cm³/mol. The van der Waals surface area contributed by atoms with Gasteiger partial charge < -0.3 is 35.1 Å². The van der Waals surface area contributed by atoms with Crippen molar-refractivity contribution in [2.24, 2.45) is 9.86 Å². The van der Waals surface area contributed by atoms with Gasteiger partial charge in [-0.1, -0.05) is 52.3 Å². The fraction of sp³-hybridized carbons (Fsp3) is 0.320. The largest absolute Gasteiger partial charge is 0.575 e. The van der Waals surface area contributed by atoms with Gasteiger partial charge in [0.15, 0.2) is 18.0 Å². The van der Waals surface area contributed by atoms with E-state index in [0.29, 0.717) is 0 Å². The lowest BCUT2D eigenvalue weighted by Gasteiger charge is -2.26. The molecule has 220 valence electrons. The molecule has 17 heteroatoms. The Hall–Kier alpha value is -4.56. The molecule has 2 heterocycles. The van der Waals surface area contributed by atoms with E-state index in [2.05, 4.69) is 19.8 Å². The van der Waals surface area contributed by atoms with Crippen LogP contribution in [0.25, 0.3) is 10.4 Å². The van der Waals surface area contributed by atoms with Gasteiger partial charge in [0.2, 0.25) is 11.5 Å². The molecule has 16 nitrogen and oxygen atoms in total. The number of azide groups is 1. The number of aliphatic hydroxyl groups is 2. The van der Waals surface area contributed by atoms with Gasteiger partial charge in [-0.2, -0.15) is 4.98 Å². The molecule has 1 fully saturated rings. The summed E-state index contributed by atoms with van der Waals surface area (Å²) in [6.07, 6.45) is -3.88. The van der Waals surface area contributed by atoms with Crippen LogP contribution in [0.1, 0.15) is 18.7 Å². The fourth-order valence-electron chi connectivity index (χ4n) is 3.89. The Labute approximate surface area is 239 Å². The quantitative estimate of drug-likeness (QED) is 0.0938. The van der Waals surface area contributed by atoms with Crippen LogP contribution in [-0.2, 0) is 20.9 Å². The Kier molecular flexibility index (Phi) is 9.70. The van der Waals surface area contributed by atoms with Crippen molar-refractivity contribution < 1.29 is 38.6 Å². The van der Waals surface area contributed by atoms with Gasteiger partial charge >= 0.3 is 19.8 Å². The lowest BCUT2D eigenvalue weighted by Crippen LogP contribution is -2.46. The van der Waals surface area contributed by atoms with Gasteiger partial charge in [-0.25, -0.2) is 9.59 Å². The van der Waals surface area contributed by atoms with Gasteiger partial charge in [0.25, 0.3) is 0 Å². The molecule has 1 aliphatic rings. The summed E-state index contributed by atoms with van der Waals surface area (Å²) in [6, 6.07) is 15.1. The second kappa shape index (κ2) is 13.4. The zero-order valence-corrected chi connectivity index (χ0v) is 22.9. The van der Waals surface area contributed by atoms with E-state index in [1.54, 1.807) is 36.4 Å². The first-order valence-electron chi connectivity index (χ1n) is 12.4. The summed E-state index contributed by atoms with van der Waals surface area (Å²) in [7, 11) is -2.77. The van der Waals surface area contributed by atoms with E-state index in [9.17, 15) is 24.7 Å². The number of rotatable bonds is 11. The molecule has 0 radical (unpaired) electrons. The van der Waals surface area contributed by atoms with Crippen molar-refractivity contribution in [2.45, 2.75) is 43.7 Å². The maximum absolute atomic E-state index is 12.6. The summed E-state index contributed by atoms with van der Waals surface area (Å²) in [5, 5.41) is 24.9. The van der Waals surface area contributed by atoms with Gasteiger partial charge in [-0.3, -0.25) is 9.09 Å². The molecule has 0 spiro atoms. The Morgan fingerprint density at radius 3 is 2.62 bits per heavy atom. The van der Waals surface area contributed by atoms with Crippen LogP contribution in [0.3, 0.4) is 0 Å². The van der Waals surface area contributed by atoms with Crippen molar-refractivity contribution in [1.82, 2.24) is 9.55 Å². The van der Waals surface area contributed by atoms with E-state index < -0.39 is 56.6 Å². The van der Waals surface area contributed by atoms with Crippen molar-refractivity contribution in [3.8, 4) is 11.5 Å². The van der Waals surface area contributed by atoms with Crippen LogP contribution < -0.4 is 25.6 Å². The minimum Gasteiger partial charge on any atom is -0.575 e. The number of carbonyl (C=O) groups excluding carboxylic acids is 1. The van der Waals surface area contributed by atoms with Crippen molar-refractivity contribution in [3.63, 3.8) is 0 Å². The van der Waals surface area contributed by atoms with E-state index in [1.807, 2.05) is 6.07 Å². The summed E-state index contributed by atoms with van der Waals surface area (Å²) in [4.78, 5) is 43.4. The van der Waals surface area contributed by atoms with Crippen molar-refractivity contribution in [3.05, 3.63) is 93.4 Å². The first kappa shape index (κ1) is 30.4. The average Bonchev–Trinajstić information content (AvgIpc) is 3.21. The number of nitrogen functional groups attached to an aromatic ring is 1. The molecule has 1 saturated heterocycles. The summed E-state index contributed by atoms with van der Waals surface area (Å²) in [5.74, 6) is -0.869. The summed E-state index contributed by atoms with van der Waals surface area (Å²) in [5.41, 5.74) is 12.4. The van der Waals surface area contributed by atoms with Gasteiger partial charge in [-0.05, 0) is 36.2 Å². The van der Waals surface area contributed by atoms with Crippen LogP contribution >= 0.6 is 8.17 Å². The number of esters is 1. The maximum Gasteiger partial charge on any atom is 0.395 e. The lowest BCUT2D eigenvalue weighted by molar-refractivity contribution is -0.170. The molecule has 1 aliphatic heterocycles. The molecule has 42 heavy (non-hydrogen) atoms. The number of hydrogen-bond acceptors (Lipinski definition) is 13. The van der Waals surface area contributed by atoms with Crippen LogP contribution in [0, 0.1) is 0 Å². The monoisotopic (exact) mass is 599 g/mol. The van der Waals surface area contributed by atoms with E-state index in [4.69, 9.17) is 30.0 Å². The highest BCUT2D eigenvalue weighted by molar-refractivity contribution is 7.34. The number of nitrogens with zero attached hydrogens (tertiary/aromatic N) is 6. The third kappa shape index (κ3) is 7.01. The molecular weight excluding hydrogens is 573 g/mol. The fourth-order valence-corrected chi connectivity index (χ4v) is 4.63.